The van der Waals surface area contributed by atoms with Crippen LogP contribution in [0.5, 0.6) is 0 Å². The fourth-order valence-electron chi connectivity index (χ4n) is 2.59. The van der Waals surface area contributed by atoms with Crippen molar-refractivity contribution in [1.82, 2.24) is 9.38 Å². The molecule has 1 amide bonds. The van der Waals surface area contributed by atoms with E-state index in [-0.39, 0.29) is 12.3 Å². The third kappa shape index (κ3) is 3.71. The van der Waals surface area contributed by atoms with Crippen molar-refractivity contribution in [3.8, 4) is 0 Å². The Morgan fingerprint density at radius 3 is 2.88 bits per heavy atom. The van der Waals surface area contributed by atoms with Gasteiger partial charge in [-0.15, -0.1) is 11.3 Å². The summed E-state index contributed by atoms with van der Waals surface area (Å²) in [6.45, 7) is 5.91. The molecule has 0 aliphatic rings. The molecular formula is C18H19N3O3S. The summed E-state index contributed by atoms with van der Waals surface area (Å²) in [6.07, 6.45) is 3.88. The minimum absolute atomic E-state index is 0.139. The van der Waals surface area contributed by atoms with Gasteiger partial charge in [-0.3, -0.25) is 4.79 Å². The first-order valence-corrected chi connectivity index (χ1v) is 8.80. The Hall–Kier alpha value is -2.67. The molecule has 0 radical (unpaired) electrons. The van der Waals surface area contributed by atoms with Crippen molar-refractivity contribution in [1.29, 1.82) is 0 Å². The molecule has 0 saturated heterocycles. The molecule has 0 unspecified atom stereocenters. The summed E-state index contributed by atoms with van der Waals surface area (Å²) in [6, 6.07) is 5.65. The topological polar surface area (TPSA) is 72.7 Å². The lowest BCUT2D eigenvalue weighted by Crippen LogP contribution is -2.16. The van der Waals surface area contributed by atoms with Crippen LogP contribution in [-0.2, 0) is 16.0 Å². The van der Waals surface area contributed by atoms with E-state index in [0.717, 1.165) is 16.1 Å². The van der Waals surface area contributed by atoms with E-state index in [9.17, 15) is 9.59 Å². The third-order valence-corrected chi connectivity index (χ3v) is 4.64. The summed E-state index contributed by atoms with van der Waals surface area (Å²) in [7, 11) is 0. The van der Waals surface area contributed by atoms with E-state index in [2.05, 4.69) is 10.3 Å². The normalized spacial score (nSPS) is 10.8. The van der Waals surface area contributed by atoms with Crippen LogP contribution in [-0.4, -0.2) is 27.9 Å². The number of amides is 1. The number of hydrogen-bond donors (Lipinski definition) is 1. The molecule has 3 heterocycles. The molecule has 3 rings (SSSR count). The van der Waals surface area contributed by atoms with Crippen molar-refractivity contribution in [2.45, 2.75) is 27.2 Å². The number of carbonyl (C=O) groups is 2. The molecule has 7 heteroatoms. The summed E-state index contributed by atoms with van der Waals surface area (Å²) in [5.74, 6) is -0.640. The number of nitrogens with zero attached hydrogens (tertiary/aromatic N) is 2. The van der Waals surface area contributed by atoms with E-state index in [1.54, 1.807) is 13.0 Å². The Morgan fingerprint density at radius 2 is 2.16 bits per heavy atom. The van der Waals surface area contributed by atoms with Crippen molar-refractivity contribution < 1.29 is 14.3 Å². The molecule has 0 aliphatic carbocycles. The SMILES string of the molecule is CCOC(=O)c1cc(C)sc1NC(=O)Cc1cn2cccc(C)c2n1. The number of imidazole rings is 1. The second-order valence-corrected chi connectivity index (χ2v) is 6.96. The number of carbonyl (C=O) groups excluding carboxylic acids is 2. The summed E-state index contributed by atoms with van der Waals surface area (Å²) in [5.41, 5.74) is 2.96. The smallest absolute Gasteiger partial charge is 0.341 e. The largest absolute Gasteiger partial charge is 0.462 e. The summed E-state index contributed by atoms with van der Waals surface area (Å²) in [4.78, 5) is 29.8. The molecule has 6 nitrogen and oxygen atoms in total. The van der Waals surface area contributed by atoms with Gasteiger partial charge in [0.25, 0.3) is 0 Å². The lowest BCUT2D eigenvalue weighted by molar-refractivity contribution is -0.115. The van der Waals surface area contributed by atoms with Crippen LogP contribution >= 0.6 is 11.3 Å². The zero-order valence-electron chi connectivity index (χ0n) is 14.3. The number of ether oxygens (including phenoxy) is 1. The van der Waals surface area contributed by atoms with Crippen LogP contribution in [0.1, 0.15) is 33.4 Å². The second kappa shape index (κ2) is 7.06. The van der Waals surface area contributed by atoms with Crippen molar-refractivity contribution in [2.75, 3.05) is 11.9 Å². The Kier molecular flexibility index (Phi) is 4.85. The number of fused-ring (bicyclic) bond motifs is 1. The van der Waals surface area contributed by atoms with Gasteiger partial charge in [0.05, 0.1) is 24.3 Å². The number of aryl methyl sites for hydroxylation is 2. The second-order valence-electron chi connectivity index (χ2n) is 5.70. The van der Waals surface area contributed by atoms with Gasteiger partial charge in [-0.05, 0) is 38.5 Å². The zero-order valence-corrected chi connectivity index (χ0v) is 15.1. The standard InChI is InChI=1S/C18H19N3O3S/c1-4-24-18(23)14-8-12(3)25-17(14)20-15(22)9-13-10-21-7-5-6-11(2)16(21)19-13/h5-8,10H,4,9H2,1-3H3,(H,20,22). The van der Waals surface area contributed by atoms with Gasteiger partial charge in [0.1, 0.15) is 10.6 Å². The molecule has 0 atom stereocenters. The maximum absolute atomic E-state index is 12.4. The van der Waals surface area contributed by atoms with Crippen molar-refractivity contribution >= 4 is 33.9 Å². The van der Waals surface area contributed by atoms with Crippen molar-refractivity contribution in [3.63, 3.8) is 0 Å². The molecule has 25 heavy (non-hydrogen) atoms. The maximum atomic E-state index is 12.4. The maximum Gasteiger partial charge on any atom is 0.341 e. The highest BCUT2D eigenvalue weighted by Crippen LogP contribution is 2.28. The highest BCUT2D eigenvalue weighted by atomic mass is 32.1. The molecule has 1 N–H and O–H groups in total. The first kappa shape index (κ1) is 17.2. The first-order chi connectivity index (χ1) is 12.0. The number of pyridine rings is 1. The highest BCUT2D eigenvalue weighted by molar-refractivity contribution is 7.16. The lowest BCUT2D eigenvalue weighted by Gasteiger charge is -2.05. The average molecular weight is 357 g/mol. The molecule has 0 fully saturated rings. The van der Waals surface area contributed by atoms with Crippen LogP contribution < -0.4 is 5.32 Å². The Bertz CT molecular complexity index is 942. The fraction of sp³-hybridized carbons (Fsp3) is 0.278. The predicted molar refractivity (Wildman–Crippen MR) is 97.3 cm³/mol. The molecule has 3 aromatic heterocycles. The van der Waals surface area contributed by atoms with Gasteiger partial charge in [0.2, 0.25) is 5.91 Å². The molecule has 0 bridgehead atoms. The first-order valence-electron chi connectivity index (χ1n) is 7.98. The Labute approximate surface area is 149 Å². The predicted octanol–water partition coefficient (Wildman–Crippen LogP) is 3.37. The van der Waals surface area contributed by atoms with E-state index >= 15 is 0 Å². The minimum atomic E-state index is -0.425. The summed E-state index contributed by atoms with van der Waals surface area (Å²) < 4.78 is 6.94. The van der Waals surface area contributed by atoms with Crippen LogP contribution in [0.25, 0.3) is 5.65 Å². The van der Waals surface area contributed by atoms with Gasteiger partial charge in [-0.2, -0.15) is 0 Å². The van der Waals surface area contributed by atoms with Gasteiger partial charge < -0.3 is 14.5 Å². The average Bonchev–Trinajstić information content (AvgIpc) is 3.11. The Balaban J connectivity index is 1.76. The summed E-state index contributed by atoms with van der Waals surface area (Å²) >= 11 is 1.36. The van der Waals surface area contributed by atoms with E-state index < -0.39 is 5.97 Å². The van der Waals surface area contributed by atoms with Gasteiger partial charge in [-0.25, -0.2) is 9.78 Å². The molecule has 130 valence electrons. The quantitative estimate of drug-likeness (QED) is 0.711. The number of esters is 1. The molecule has 0 aromatic carbocycles. The van der Waals surface area contributed by atoms with E-state index in [1.807, 2.05) is 42.8 Å². The molecule has 0 spiro atoms. The monoisotopic (exact) mass is 357 g/mol. The van der Waals surface area contributed by atoms with Gasteiger partial charge in [0, 0.05) is 17.3 Å². The van der Waals surface area contributed by atoms with E-state index in [0.29, 0.717) is 22.9 Å². The molecule has 0 saturated carbocycles. The fourth-order valence-corrected chi connectivity index (χ4v) is 3.51. The van der Waals surface area contributed by atoms with Gasteiger partial charge in [0.15, 0.2) is 0 Å². The Morgan fingerprint density at radius 1 is 1.36 bits per heavy atom. The van der Waals surface area contributed by atoms with Crippen molar-refractivity contribution in [2.24, 2.45) is 0 Å². The van der Waals surface area contributed by atoms with Crippen LogP contribution in [0.3, 0.4) is 0 Å². The third-order valence-electron chi connectivity index (χ3n) is 3.67. The molecule has 3 aromatic rings. The number of rotatable bonds is 5. The zero-order chi connectivity index (χ0) is 18.0. The van der Waals surface area contributed by atoms with Crippen molar-refractivity contribution in [3.05, 3.63) is 52.3 Å². The lowest BCUT2D eigenvalue weighted by atomic mass is 10.2. The number of thiophene rings is 1. The van der Waals surface area contributed by atoms with E-state index in [1.165, 1.54) is 11.3 Å². The number of aromatic nitrogens is 2. The summed E-state index contributed by atoms with van der Waals surface area (Å²) in [5, 5.41) is 3.32. The number of anilines is 1. The molecule has 0 aliphatic heterocycles. The number of nitrogens with one attached hydrogen (secondary N) is 1. The van der Waals surface area contributed by atoms with Crippen LogP contribution in [0.4, 0.5) is 5.00 Å². The minimum Gasteiger partial charge on any atom is -0.462 e. The molecular weight excluding hydrogens is 338 g/mol. The van der Waals surface area contributed by atoms with Crippen LogP contribution in [0.2, 0.25) is 0 Å². The highest BCUT2D eigenvalue weighted by Gasteiger charge is 2.18. The van der Waals surface area contributed by atoms with Crippen LogP contribution in [0, 0.1) is 13.8 Å². The van der Waals surface area contributed by atoms with Gasteiger partial charge in [-0.1, -0.05) is 6.07 Å². The van der Waals surface area contributed by atoms with Crippen LogP contribution in [0.15, 0.2) is 30.6 Å². The van der Waals surface area contributed by atoms with E-state index in [4.69, 9.17) is 4.74 Å². The number of hydrogen-bond acceptors (Lipinski definition) is 5. The van der Waals surface area contributed by atoms with Gasteiger partial charge >= 0.3 is 5.97 Å².